The fraction of sp³-hybridized carbons (Fsp3) is 0.364. The number of ether oxygens (including phenoxy) is 1. The van der Waals surface area contributed by atoms with Gasteiger partial charge in [0.25, 0.3) is 0 Å². The quantitative estimate of drug-likeness (QED) is 0.829. The van der Waals surface area contributed by atoms with Crippen LogP contribution >= 0.6 is 11.6 Å². The van der Waals surface area contributed by atoms with E-state index in [1.807, 2.05) is 0 Å². The number of nitrogens with two attached hydrogens (primary N) is 1. The Hall–Kier alpha value is -1.13. The van der Waals surface area contributed by atoms with Crippen molar-refractivity contribution in [3.8, 4) is 0 Å². The Kier molecular flexibility index (Phi) is 4.71. The maximum atomic E-state index is 13.0. The van der Waals surface area contributed by atoms with Crippen LogP contribution < -0.4 is 5.73 Å². The number of carbonyl (C=O) groups is 1. The first kappa shape index (κ1) is 12.9. The predicted molar refractivity (Wildman–Crippen MR) is 59.6 cm³/mol. The number of hydrogen-bond donors (Lipinski definition) is 1. The molecule has 0 saturated carbocycles. The van der Waals surface area contributed by atoms with Crippen LogP contribution in [0.25, 0.3) is 0 Å². The van der Waals surface area contributed by atoms with Gasteiger partial charge in [-0.05, 0) is 30.7 Å². The number of carbonyl (C=O) groups excluding carboxylic acids is 1. The van der Waals surface area contributed by atoms with Gasteiger partial charge in [0.15, 0.2) is 0 Å². The number of esters is 1. The highest BCUT2D eigenvalue weighted by Crippen LogP contribution is 2.24. The molecule has 0 aliphatic heterocycles. The van der Waals surface area contributed by atoms with Crippen LogP contribution in [0.15, 0.2) is 18.2 Å². The normalized spacial score (nSPS) is 12.2. The van der Waals surface area contributed by atoms with E-state index in [4.69, 9.17) is 22.1 Å². The van der Waals surface area contributed by atoms with E-state index in [1.165, 1.54) is 18.2 Å². The molecule has 0 spiro atoms. The number of halogens is 2. The molecular formula is C11H13ClFNO2. The first-order valence-electron chi connectivity index (χ1n) is 4.90. The minimum Gasteiger partial charge on any atom is -0.466 e. The molecular weight excluding hydrogens is 233 g/mol. The molecule has 0 bridgehead atoms. The molecule has 1 rings (SSSR count). The van der Waals surface area contributed by atoms with Gasteiger partial charge in [-0.1, -0.05) is 11.6 Å². The van der Waals surface area contributed by atoms with Gasteiger partial charge >= 0.3 is 5.97 Å². The average Bonchev–Trinajstić information content (AvgIpc) is 2.21. The van der Waals surface area contributed by atoms with Gasteiger partial charge in [-0.15, -0.1) is 0 Å². The molecule has 1 aromatic carbocycles. The zero-order chi connectivity index (χ0) is 12.1. The van der Waals surface area contributed by atoms with E-state index in [-0.39, 0.29) is 6.42 Å². The van der Waals surface area contributed by atoms with E-state index in [0.717, 1.165) is 0 Å². The minimum absolute atomic E-state index is 0.0169. The smallest absolute Gasteiger partial charge is 0.307 e. The number of hydrogen-bond acceptors (Lipinski definition) is 3. The highest BCUT2D eigenvalue weighted by Gasteiger charge is 2.15. The summed E-state index contributed by atoms with van der Waals surface area (Å²) < 4.78 is 17.7. The van der Waals surface area contributed by atoms with Gasteiger partial charge < -0.3 is 10.5 Å². The molecule has 0 unspecified atom stereocenters. The summed E-state index contributed by atoms with van der Waals surface area (Å²) in [6, 6.07) is 3.23. The summed E-state index contributed by atoms with van der Waals surface area (Å²) in [5.41, 5.74) is 6.16. The lowest BCUT2D eigenvalue weighted by Crippen LogP contribution is -2.17. The molecule has 0 fully saturated rings. The summed E-state index contributed by atoms with van der Waals surface area (Å²) in [5.74, 6) is -0.853. The second kappa shape index (κ2) is 5.82. The van der Waals surface area contributed by atoms with E-state index >= 15 is 0 Å². The molecule has 0 radical (unpaired) electrons. The van der Waals surface area contributed by atoms with Gasteiger partial charge in [-0.3, -0.25) is 4.79 Å². The van der Waals surface area contributed by atoms with Crippen molar-refractivity contribution in [1.29, 1.82) is 0 Å². The Labute approximate surface area is 98.3 Å². The fourth-order valence-corrected chi connectivity index (χ4v) is 1.57. The summed E-state index contributed by atoms with van der Waals surface area (Å²) in [7, 11) is 0. The summed E-state index contributed by atoms with van der Waals surface area (Å²) in [4.78, 5) is 11.2. The first-order valence-corrected chi connectivity index (χ1v) is 5.28. The zero-order valence-corrected chi connectivity index (χ0v) is 9.63. The Balaban J connectivity index is 2.76. The van der Waals surface area contributed by atoms with E-state index in [1.54, 1.807) is 6.92 Å². The van der Waals surface area contributed by atoms with E-state index in [2.05, 4.69) is 0 Å². The van der Waals surface area contributed by atoms with Gasteiger partial charge in [0.1, 0.15) is 5.82 Å². The van der Waals surface area contributed by atoms with Crippen LogP contribution in [-0.4, -0.2) is 12.6 Å². The van der Waals surface area contributed by atoms with Gasteiger partial charge in [-0.2, -0.15) is 0 Å². The highest BCUT2D eigenvalue weighted by atomic mass is 35.5. The lowest BCUT2D eigenvalue weighted by atomic mass is 10.0. The SMILES string of the molecule is CCOC(=O)C[C@@H](N)c1cc(F)ccc1Cl. The molecule has 2 N–H and O–H groups in total. The van der Waals surface area contributed by atoms with Crippen molar-refractivity contribution in [2.24, 2.45) is 5.73 Å². The van der Waals surface area contributed by atoms with Crippen LogP contribution in [0.5, 0.6) is 0 Å². The zero-order valence-electron chi connectivity index (χ0n) is 8.87. The van der Waals surface area contributed by atoms with Crippen molar-refractivity contribution in [3.05, 3.63) is 34.6 Å². The molecule has 0 aromatic heterocycles. The molecule has 88 valence electrons. The molecule has 16 heavy (non-hydrogen) atoms. The molecule has 0 amide bonds. The first-order chi connectivity index (χ1) is 7.54. The van der Waals surface area contributed by atoms with E-state index in [9.17, 15) is 9.18 Å². The van der Waals surface area contributed by atoms with Gasteiger partial charge in [0, 0.05) is 11.1 Å². The van der Waals surface area contributed by atoms with Crippen LogP contribution in [0.1, 0.15) is 24.9 Å². The summed E-state index contributed by atoms with van der Waals surface area (Å²) in [5, 5.41) is 0.346. The predicted octanol–water partition coefficient (Wildman–Crippen LogP) is 2.43. The van der Waals surface area contributed by atoms with Crippen molar-refractivity contribution in [2.75, 3.05) is 6.61 Å². The third-order valence-electron chi connectivity index (χ3n) is 2.05. The van der Waals surface area contributed by atoms with E-state index < -0.39 is 17.8 Å². The molecule has 1 aromatic rings. The van der Waals surface area contributed by atoms with Crippen LogP contribution in [0.2, 0.25) is 5.02 Å². The van der Waals surface area contributed by atoms with Crippen LogP contribution in [0, 0.1) is 5.82 Å². The van der Waals surface area contributed by atoms with Crippen molar-refractivity contribution in [1.82, 2.24) is 0 Å². The fourth-order valence-electron chi connectivity index (χ4n) is 1.31. The topological polar surface area (TPSA) is 52.3 Å². The molecule has 0 saturated heterocycles. The molecule has 0 aliphatic carbocycles. The monoisotopic (exact) mass is 245 g/mol. The third-order valence-corrected chi connectivity index (χ3v) is 2.39. The Morgan fingerprint density at radius 2 is 2.31 bits per heavy atom. The van der Waals surface area contributed by atoms with Gasteiger partial charge in [0.05, 0.1) is 13.0 Å². The second-order valence-corrected chi connectivity index (χ2v) is 3.69. The van der Waals surface area contributed by atoms with Crippen LogP contribution in [-0.2, 0) is 9.53 Å². The van der Waals surface area contributed by atoms with Crippen LogP contribution in [0.3, 0.4) is 0 Å². The number of rotatable bonds is 4. The Morgan fingerprint density at radius 3 is 2.94 bits per heavy atom. The molecule has 0 heterocycles. The maximum absolute atomic E-state index is 13.0. The molecule has 5 heteroatoms. The van der Waals surface area contributed by atoms with Crippen molar-refractivity contribution >= 4 is 17.6 Å². The number of benzene rings is 1. The standard InChI is InChI=1S/C11H13ClFNO2/c1-2-16-11(15)6-10(14)8-5-7(13)3-4-9(8)12/h3-5,10H,2,6,14H2,1H3/t10-/m1/s1. The summed E-state index contributed by atoms with van der Waals surface area (Å²) in [6.07, 6.45) is -0.0169. The average molecular weight is 246 g/mol. The third kappa shape index (κ3) is 3.47. The summed E-state index contributed by atoms with van der Waals surface area (Å²) in [6.45, 7) is 2.00. The molecule has 0 aliphatic rings. The van der Waals surface area contributed by atoms with Crippen molar-refractivity contribution in [3.63, 3.8) is 0 Å². The van der Waals surface area contributed by atoms with Crippen LogP contribution in [0.4, 0.5) is 4.39 Å². The largest absolute Gasteiger partial charge is 0.466 e. The highest BCUT2D eigenvalue weighted by molar-refractivity contribution is 6.31. The Bertz CT molecular complexity index is 384. The van der Waals surface area contributed by atoms with E-state index in [0.29, 0.717) is 17.2 Å². The maximum Gasteiger partial charge on any atom is 0.307 e. The van der Waals surface area contributed by atoms with Gasteiger partial charge in [-0.25, -0.2) is 4.39 Å². The molecule has 3 nitrogen and oxygen atoms in total. The Morgan fingerprint density at radius 1 is 1.62 bits per heavy atom. The van der Waals surface area contributed by atoms with Crippen molar-refractivity contribution in [2.45, 2.75) is 19.4 Å². The molecule has 1 atom stereocenters. The summed E-state index contributed by atoms with van der Waals surface area (Å²) >= 11 is 5.85. The van der Waals surface area contributed by atoms with Gasteiger partial charge in [0.2, 0.25) is 0 Å². The van der Waals surface area contributed by atoms with Crippen molar-refractivity contribution < 1.29 is 13.9 Å². The lowest BCUT2D eigenvalue weighted by molar-refractivity contribution is -0.143. The second-order valence-electron chi connectivity index (χ2n) is 3.28. The minimum atomic E-state index is -0.651. The lowest BCUT2D eigenvalue weighted by Gasteiger charge is -2.12.